The fourth-order valence-corrected chi connectivity index (χ4v) is 5.23. The number of allylic oxidation sites excluding steroid dienone is 1. The molecule has 1 unspecified atom stereocenters. The van der Waals surface area contributed by atoms with Crippen molar-refractivity contribution in [2.75, 3.05) is 27.9 Å². The van der Waals surface area contributed by atoms with E-state index in [0.717, 1.165) is 11.3 Å². The van der Waals surface area contributed by atoms with Gasteiger partial charge in [0.2, 0.25) is 0 Å². The van der Waals surface area contributed by atoms with E-state index in [9.17, 15) is 19.7 Å². The molecule has 4 rings (SSSR count). The smallest absolute Gasteiger partial charge is 0.338 e. The van der Waals surface area contributed by atoms with E-state index in [1.54, 1.807) is 45.2 Å². The molecule has 12 heteroatoms. The average Bonchev–Trinajstić information content (AvgIpc) is 3.21. The predicted octanol–water partition coefficient (Wildman–Crippen LogP) is 2.73. The van der Waals surface area contributed by atoms with Crippen molar-refractivity contribution >= 4 is 29.1 Å². The quantitative estimate of drug-likeness (QED) is 0.243. The molecule has 0 aliphatic carbocycles. The molecule has 1 aliphatic rings. The SMILES string of the molecule is CCOC(=O)C1=C(C)N=c2sc(=Cc3cc(OC)c(OC)cc3[N+](=O)[O-])c(=O)n2C1c1ccc(OC)cc1. The second kappa shape index (κ2) is 10.9. The number of hydrogen-bond donors (Lipinski definition) is 0. The fraction of sp³-hybridized carbons (Fsp3) is 0.269. The van der Waals surface area contributed by atoms with Crippen LogP contribution in [0.4, 0.5) is 5.69 Å². The molecule has 0 bridgehead atoms. The van der Waals surface area contributed by atoms with E-state index in [4.69, 9.17) is 18.9 Å². The van der Waals surface area contributed by atoms with E-state index < -0.39 is 22.5 Å². The van der Waals surface area contributed by atoms with Crippen LogP contribution in [-0.4, -0.2) is 43.4 Å². The molecule has 2 aromatic carbocycles. The Balaban J connectivity index is 1.98. The molecule has 0 spiro atoms. The van der Waals surface area contributed by atoms with Gasteiger partial charge in [-0.2, -0.15) is 0 Å². The van der Waals surface area contributed by atoms with Gasteiger partial charge >= 0.3 is 5.97 Å². The van der Waals surface area contributed by atoms with Gasteiger partial charge in [0, 0.05) is 0 Å². The number of fused-ring (bicyclic) bond motifs is 1. The third kappa shape index (κ3) is 4.77. The van der Waals surface area contributed by atoms with Crippen molar-refractivity contribution in [2.24, 2.45) is 4.99 Å². The van der Waals surface area contributed by atoms with Crippen LogP contribution in [0.5, 0.6) is 17.2 Å². The van der Waals surface area contributed by atoms with Crippen LogP contribution in [0.25, 0.3) is 6.08 Å². The van der Waals surface area contributed by atoms with E-state index in [1.165, 1.54) is 37.0 Å². The van der Waals surface area contributed by atoms with Crippen LogP contribution < -0.4 is 29.1 Å². The zero-order chi connectivity index (χ0) is 27.6. The zero-order valence-electron chi connectivity index (χ0n) is 21.3. The van der Waals surface area contributed by atoms with Gasteiger partial charge in [-0.1, -0.05) is 23.5 Å². The van der Waals surface area contributed by atoms with Gasteiger partial charge in [0.1, 0.15) is 5.75 Å². The Morgan fingerprint density at radius 1 is 1.13 bits per heavy atom. The monoisotopic (exact) mass is 539 g/mol. The highest BCUT2D eigenvalue weighted by molar-refractivity contribution is 7.07. The first-order valence-corrected chi connectivity index (χ1v) is 12.3. The Labute approximate surface area is 221 Å². The van der Waals surface area contributed by atoms with Crippen molar-refractivity contribution in [2.45, 2.75) is 19.9 Å². The number of esters is 1. The highest BCUT2D eigenvalue weighted by Crippen LogP contribution is 2.35. The molecular weight excluding hydrogens is 514 g/mol. The second-order valence-electron chi connectivity index (χ2n) is 8.10. The molecule has 0 N–H and O–H groups in total. The van der Waals surface area contributed by atoms with Gasteiger partial charge in [-0.25, -0.2) is 9.79 Å². The molecule has 0 saturated carbocycles. The molecule has 198 valence electrons. The van der Waals surface area contributed by atoms with Gasteiger partial charge in [0.15, 0.2) is 16.3 Å². The third-order valence-corrected chi connectivity index (χ3v) is 6.95. The maximum absolute atomic E-state index is 13.8. The molecule has 1 atom stereocenters. The summed E-state index contributed by atoms with van der Waals surface area (Å²) in [4.78, 5) is 42.9. The molecule has 1 aliphatic heterocycles. The first-order valence-electron chi connectivity index (χ1n) is 11.5. The molecule has 0 fully saturated rings. The molecule has 0 saturated heterocycles. The summed E-state index contributed by atoms with van der Waals surface area (Å²) < 4.78 is 22.6. The number of carbonyl (C=O) groups is 1. The standard InChI is InChI=1S/C26H25N3O8S/c1-6-37-25(31)22-14(2)27-26-28(23(22)15-7-9-17(34-3)10-8-15)24(30)21(38-26)12-16-11-19(35-4)20(36-5)13-18(16)29(32)33/h7-13,23H,6H2,1-5H3. The third-order valence-electron chi connectivity index (χ3n) is 5.96. The van der Waals surface area contributed by atoms with E-state index in [-0.39, 0.29) is 39.5 Å². The Morgan fingerprint density at radius 3 is 2.37 bits per heavy atom. The van der Waals surface area contributed by atoms with E-state index in [0.29, 0.717) is 21.8 Å². The van der Waals surface area contributed by atoms with Crippen LogP contribution in [0, 0.1) is 10.1 Å². The maximum atomic E-state index is 13.8. The molecule has 1 aromatic heterocycles. The molecule has 38 heavy (non-hydrogen) atoms. The van der Waals surface area contributed by atoms with Crippen molar-refractivity contribution in [3.63, 3.8) is 0 Å². The normalized spacial score (nSPS) is 15.0. The molecule has 11 nitrogen and oxygen atoms in total. The average molecular weight is 540 g/mol. The number of hydrogen-bond acceptors (Lipinski definition) is 10. The number of rotatable bonds is 8. The number of aromatic nitrogens is 1. The van der Waals surface area contributed by atoms with Crippen molar-refractivity contribution in [1.82, 2.24) is 4.57 Å². The van der Waals surface area contributed by atoms with E-state index >= 15 is 0 Å². The minimum Gasteiger partial charge on any atom is -0.497 e. The number of ether oxygens (including phenoxy) is 4. The van der Waals surface area contributed by atoms with E-state index in [1.807, 2.05) is 0 Å². The minimum absolute atomic E-state index is 0.151. The Kier molecular flexibility index (Phi) is 7.62. The zero-order valence-corrected chi connectivity index (χ0v) is 22.2. The lowest BCUT2D eigenvalue weighted by molar-refractivity contribution is -0.385. The van der Waals surface area contributed by atoms with Gasteiger partial charge < -0.3 is 18.9 Å². The highest BCUT2D eigenvalue weighted by Gasteiger charge is 2.33. The summed E-state index contributed by atoms with van der Waals surface area (Å²) in [5.41, 5.74) is 0.715. The second-order valence-corrected chi connectivity index (χ2v) is 9.11. The maximum Gasteiger partial charge on any atom is 0.338 e. The molecular formula is C26H25N3O8S. The van der Waals surface area contributed by atoms with Crippen LogP contribution in [0.3, 0.4) is 0 Å². The summed E-state index contributed by atoms with van der Waals surface area (Å²) in [5.74, 6) is 0.486. The molecule has 3 aromatic rings. The van der Waals surface area contributed by atoms with Crippen LogP contribution in [0.15, 0.2) is 57.5 Å². The van der Waals surface area contributed by atoms with Gasteiger partial charge in [-0.05, 0) is 43.7 Å². The van der Waals surface area contributed by atoms with Gasteiger partial charge in [0.05, 0.1) is 66.3 Å². The Morgan fingerprint density at radius 2 is 1.79 bits per heavy atom. The number of nitro benzene ring substituents is 1. The lowest BCUT2D eigenvalue weighted by Gasteiger charge is -2.24. The number of benzene rings is 2. The van der Waals surface area contributed by atoms with Gasteiger partial charge in [-0.3, -0.25) is 19.5 Å². The van der Waals surface area contributed by atoms with E-state index in [2.05, 4.69) is 4.99 Å². The fourth-order valence-electron chi connectivity index (χ4n) is 4.19. The molecule has 0 amide bonds. The highest BCUT2D eigenvalue weighted by atomic mass is 32.1. The summed E-state index contributed by atoms with van der Waals surface area (Å²) in [6, 6.07) is 8.84. The summed E-state index contributed by atoms with van der Waals surface area (Å²) in [7, 11) is 4.33. The lowest BCUT2D eigenvalue weighted by atomic mass is 9.96. The van der Waals surface area contributed by atoms with Crippen LogP contribution in [0.2, 0.25) is 0 Å². The number of thiazole rings is 1. The largest absolute Gasteiger partial charge is 0.497 e. The van der Waals surface area contributed by atoms with Crippen molar-refractivity contribution in [1.29, 1.82) is 0 Å². The Bertz CT molecular complexity index is 1620. The Hall–Kier alpha value is -4.45. The number of nitrogens with zero attached hydrogens (tertiary/aromatic N) is 3. The summed E-state index contributed by atoms with van der Waals surface area (Å²) in [5, 5.41) is 11.8. The molecule has 0 radical (unpaired) electrons. The van der Waals surface area contributed by atoms with Gasteiger partial charge in [0.25, 0.3) is 11.2 Å². The lowest BCUT2D eigenvalue weighted by Crippen LogP contribution is -2.39. The van der Waals surface area contributed by atoms with Crippen LogP contribution >= 0.6 is 11.3 Å². The van der Waals surface area contributed by atoms with Crippen molar-refractivity contribution in [3.05, 3.63) is 88.6 Å². The van der Waals surface area contributed by atoms with Crippen LogP contribution in [0.1, 0.15) is 31.0 Å². The number of carbonyl (C=O) groups excluding carboxylic acids is 1. The van der Waals surface area contributed by atoms with Gasteiger partial charge in [-0.15, -0.1) is 0 Å². The van der Waals surface area contributed by atoms with Crippen molar-refractivity contribution in [3.8, 4) is 17.2 Å². The molecule has 2 heterocycles. The first kappa shape index (κ1) is 26.6. The predicted molar refractivity (Wildman–Crippen MR) is 140 cm³/mol. The number of methoxy groups -OCH3 is 3. The summed E-state index contributed by atoms with van der Waals surface area (Å²) in [6.45, 7) is 3.53. The summed E-state index contributed by atoms with van der Waals surface area (Å²) >= 11 is 1.06. The minimum atomic E-state index is -0.821. The van der Waals surface area contributed by atoms with Crippen LogP contribution in [-0.2, 0) is 9.53 Å². The topological polar surface area (TPSA) is 131 Å². The van der Waals surface area contributed by atoms with Crippen molar-refractivity contribution < 1.29 is 28.7 Å². The summed E-state index contributed by atoms with van der Waals surface area (Å²) in [6.07, 6.45) is 1.42. The number of nitro groups is 1. The first-order chi connectivity index (χ1) is 18.2.